The standard InChI is InChI=1S/C19H14ClN3O3.C9H7N/c1-24-19-7-17(26-11-2-3-14(20)15(22)5-11)13-4-10(8-21)12(18-9-25-18)6-16(13)23-19;1-2-6-9-8(4-1)5-3-7-10-9/h2-7,18H,9,22H2,1H3;1-7H/t18-;/m0./s1. The summed E-state index contributed by atoms with van der Waals surface area (Å²) in [5.74, 6) is 1.43. The molecule has 1 fully saturated rings. The average molecular weight is 497 g/mol. The van der Waals surface area contributed by atoms with Gasteiger partial charge in [0.15, 0.2) is 0 Å². The Morgan fingerprint density at radius 2 is 1.86 bits per heavy atom. The molecule has 8 heteroatoms. The van der Waals surface area contributed by atoms with Crippen molar-refractivity contribution in [3.05, 3.63) is 95.1 Å². The van der Waals surface area contributed by atoms with Gasteiger partial charge < -0.3 is 19.9 Å². The summed E-state index contributed by atoms with van der Waals surface area (Å²) >= 11 is 5.96. The van der Waals surface area contributed by atoms with Gasteiger partial charge in [-0.05, 0) is 36.4 Å². The first-order chi connectivity index (χ1) is 17.6. The zero-order valence-corrected chi connectivity index (χ0v) is 20.1. The van der Waals surface area contributed by atoms with E-state index in [0.717, 1.165) is 11.1 Å². The van der Waals surface area contributed by atoms with E-state index >= 15 is 0 Å². The Labute approximate surface area is 212 Å². The third-order valence-corrected chi connectivity index (χ3v) is 5.98. The molecule has 6 rings (SSSR count). The monoisotopic (exact) mass is 496 g/mol. The fraction of sp³-hybridized carbons (Fsp3) is 0.107. The smallest absolute Gasteiger partial charge is 0.217 e. The molecule has 0 aliphatic carbocycles. The number of nitrogens with two attached hydrogens (primary N) is 1. The van der Waals surface area contributed by atoms with Gasteiger partial charge in [0, 0.05) is 34.7 Å². The molecular formula is C28H21ClN4O3. The van der Waals surface area contributed by atoms with Gasteiger partial charge in [0.25, 0.3) is 0 Å². The van der Waals surface area contributed by atoms with Crippen LogP contribution in [0, 0.1) is 11.3 Å². The quantitative estimate of drug-likeness (QED) is 0.225. The third kappa shape index (κ3) is 5.01. The van der Waals surface area contributed by atoms with Crippen LogP contribution in [0.15, 0.2) is 79.0 Å². The van der Waals surface area contributed by atoms with Crippen molar-refractivity contribution < 1.29 is 14.2 Å². The highest BCUT2D eigenvalue weighted by atomic mass is 35.5. The number of epoxide rings is 1. The van der Waals surface area contributed by atoms with Crippen LogP contribution in [0.1, 0.15) is 17.2 Å². The van der Waals surface area contributed by atoms with Gasteiger partial charge in [-0.2, -0.15) is 5.26 Å². The fourth-order valence-electron chi connectivity index (χ4n) is 3.74. The number of hydrogen-bond donors (Lipinski definition) is 1. The van der Waals surface area contributed by atoms with Gasteiger partial charge in [0.05, 0.1) is 47.1 Å². The summed E-state index contributed by atoms with van der Waals surface area (Å²) in [6.45, 7) is 0.609. The van der Waals surface area contributed by atoms with Crippen LogP contribution < -0.4 is 15.2 Å². The van der Waals surface area contributed by atoms with E-state index in [1.807, 2.05) is 36.5 Å². The van der Waals surface area contributed by atoms with E-state index in [-0.39, 0.29) is 6.10 Å². The summed E-state index contributed by atoms with van der Waals surface area (Å²) in [5, 5.41) is 11.8. The largest absolute Gasteiger partial charge is 0.481 e. The van der Waals surface area contributed by atoms with Gasteiger partial charge >= 0.3 is 0 Å². The molecule has 2 N–H and O–H groups in total. The lowest BCUT2D eigenvalue weighted by atomic mass is 10.0. The Bertz CT molecular complexity index is 1550. The van der Waals surface area contributed by atoms with Gasteiger partial charge in [-0.15, -0.1) is 0 Å². The first kappa shape index (κ1) is 23.4. The molecule has 36 heavy (non-hydrogen) atoms. The second-order valence-electron chi connectivity index (χ2n) is 8.03. The molecule has 1 aliphatic rings. The predicted octanol–water partition coefficient (Wildman–Crippen LogP) is 6.45. The van der Waals surface area contributed by atoms with Crippen molar-refractivity contribution in [1.29, 1.82) is 5.26 Å². The average Bonchev–Trinajstić information content (AvgIpc) is 3.76. The van der Waals surface area contributed by atoms with Gasteiger partial charge in [-0.3, -0.25) is 4.98 Å². The summed E-state index contributed by atoms with van der Waals surface area (Å²) in [6.07, 6.45) is 1.75. The topological polar surface area (TPSA) is 107 Å². The predicted molar refractivity (Wildman–Crippen MR) is 139 cm³/mol. The van der Waals surface area contributed by atoms with Crippen molar-refractivity contribution in [2.24, 2.45) is 0 Å². The third-order valence-electron chi connectivity index (χ3n) is 5.64. The minimum atomic E-state index is -0.0533. The molecule has 5 aromatic rings. The number of ether oxygens (including phenoxy) is 3. The summed E-state index contributed by atoms with van der Waals surface area (Å²) in [5.41, 5.74) is 9.33. The number of rotatable bonds is 4. The number of benzene rings is 3. The van der Waals surface area contributed by atoms with Crippen molar-refractivity contribution in [3.63, 3.8) is 0 Å². The number of pyridine rings is 2. The summed E-state index contributed by atoms with van der Waals surface area (Å²) in [4.78, 5) is 8.64. The minimum absolute atomic E-state index is 0.0533. The summed E-state index contributed by atoms with van der Waals surface area (Å²) in [7, 11) is 1.53. The molecule has 0 unspecified atom stereocenters. The number of nitrogens with zero attached hydrogens (tertiary/aromatic N) is 3. The van der Waals surface area contributed by atoms with Crippen LogP contribution in [0.25, 0.3) is 21.8 Å². The van der Waals surface area contributed by atoms with Gasteiger partial charge in [0.1, 0.15) is 17.6 Å². The number of halogens is 1. The maximum Gasteiger partial charge on any atom is 0.217 e. The number of nitrogen functional groups attached to an aromatic ring is 1. The van der Waals surface area contributed by atoms with Crippen molar-refractivity contribution in [2.45, 2.75) is 6.10 Å². The number of nitriles is 1. The van der Waals surface area contributed by atoms with Crippen LogP contribution in [0.3, 0.4) is 0 Å². The molecule has 0 radical (unpaired) electrons. The normalized spacial score (nSPS) is 14.0. The minimum Gasteiger partial charge on any atom is -0.481 e. The van der Waals surface area contributed by atoms with Crippen molar-refractivity contribution in [2.75, 3.05) is 19.5 Å². The van der Waals surface area contributed by atoms with E-state index in [0.29, 0.717) is 51.2 Å². The number of methoxy groups -OCH3 is 1. The number of fused-ring (bicyclic) bond motifs is 2. The molecule has 7 nitrogen and oxygen atoms in total. The number of aromatic nitrogens is 2. The molecule has 2 aromatic heterocycles. The highest BCUT2D eigenvalue weighted by Gasteiger charge is 2.28. The van der Waals surface area contributed by atoms with Crippen LogP contribution in [-0.2, 0) is 4.74 Å². The number of para-hydroxylation sites is 1. The Hall–Kier alpha value is -4.38. The van der Waals surface area contributed by atoms with Crippen molar-refractivity contribution in [1.82, 2.24) is 9.97 Å². The lowest BCUT2D eigenvalue weighted by Crippen LogP contribution is -1.96. The Morgan fingerprint density at radius 1 is 1.06 bits per heavy atom. The molecule has 3 heterocycles. The number of hydrogen-bond acceptors (Lipinski definition) is 7. The Balaban J connectivity index is 0.000000222. The van der Waals surface area contributed by atoms with Gasteiger partial charge in [0.2, 0.25) is 5.88 Å². The summed E-state index contributed by atoms with van der Waals surface area (Å²) < 4.78 is 16.6. The lowest BCUT2D eigenvalue weighted by molar-refractivity contribution is 0.395. The van der Waals surface area contributed by atoms with E-state index in [4.69, 9.17) is 31.5 Å². The van der Waals surface area contributed by atoms with E-state index in [1.165, 1.54) is 12.5 Å². The van der Waals surface area contributed by atoms with Gasteiger partial charge in [-0.25, -0.2) is 4.98 Å². The molecule has 0 saturated carbocycles. The van der Waals surface area contributed by atoms with Crippen molar-refractivity contribution >= 4 is 39.1 Å². The summed E-state index contributed by atoms with van der Waals surface area (Å²) in [6, 6.07) is 24.6. The van der Waals surface area contributed by atoms with Crippen molar-refractivity contribution in [3.8, 4) is 23.4 Å². The molecule has 3 aromatic carbocycles. The molecule has 0 bridgehead atoms. The molecule has 1 saturated heterocycles. The zero-order valence-electron chi connectivity index (χ0n) is 19.3. The Kier molecular flexibility index (Phi) is 6.54. The zero-order chi connectivity index (χ0) is 25.1. The Morgan fingerprint density at radius 3 is 2.58 bits per heavy atom. The van der Waals surface area contributed by atoms with Crippen LogP contribution in [-0.4, -0.2) is 23.7 Å². The molecule has 1 atom stereocenters. The molecule has 178 valence electrons. The highest BCUT2D eigenvalue weighted by Crippen LogP contribution is 2.39. The van der Waals surface area contributed by atoms with E-state index in [9.17, 15) is 5.26 Å². The first-order valence-electron chi connectivity index (χ1n) is 11.1. The second kappa shape index (κ2) is 10.1. The van der Waals surface area contributed by atoms with Crippen LogP contribution in [0.4, 0.5) is 5.69 Å². The molecular weight excluding hydrogens is 476 g/mol. The lowest BCUT2D eigenvalue weighted by Gasteiger charge is -2.13. The maximum atomic E-state index is 9.48. The van der Waals surface area contributed by atoms with Gasteiger partial charge in [-0.1, -0.05) is 35.9 Å². The van der Waals surface area contributed by atoms with Crippen LogP contribution in [0.2, 0.25) is 5.02 Å². The molecule has 1 aliphatic heterocycles. The first-order valence-corrected chi connectivity index (χ1v) is 11.5. The van der Waals surface area contributed by atoms with E-state index < -0.39 is 0 Å². The van der Waals surface area contributed by atoms with E-state index in [2.05, 4.69) is 28.2 Å². The fourth-order valence-corrected chi connectivity index (χ4v) is 3.86. The maximum absolute atomic E-state index is 9.48. The highest BCUT2D eigenvalue weighted by molar-refractivity contribution is 6.33. The van der Waals surface area contributed by atoms with Crippen LogP contribution in [0.5, 0.6) is 17.4 Å². The SMILES string of the molecule is COc1cc(Oc2ccc(Cl)c(N)c2)c2cc(C#N)c([C@@H]3CO3)cc2n1.c1ccc2ncccc2c1. The number of anilines is 1. The molecule has 0 amide bonds. The van der Waals surface area contributed by atoms with Crippen LogP contribution >= 0.6 is 11.6 Å². The second-order valence-corrected chi connectivity index (χ2v) is 8.44. The van der Waals surface area contributed by atoms with E-state index in [1.54, 1.807) is 30.3 Å². The molecule has 0 spiro atoms.